The summed E-state index contributed by atoms with van der Waals surface area (Å²) in [4.78, 5) is 0. The van der Waals surface area contributed by atoms with Crippen molar-refractivity contribution in [3.8, 4) is 0 Å². The van der Waals surface area contributed by atoms with E-state index in [1.165, 1.54) is 0 Å². The highest BCUT2D eigenvalue weighted by atomic mass is 35.5. The molecule has 1 aromatic carbocycles. The number of hydrogen-bond acceptors (Lipinski definition) is 1. The third-order valence-electron chi connectivity index (χ3n) is 2.13. The molecule has 0 N–H and O–H groups in total. The zero-order chi connectivity index (χ0) is 14.8. The molecular weight excluding hydrogens is 299 g/mol. The lowest BCUT2D eigenvalue weighted by atomic mass is 10.1. The lowest BCUT2D eigenvalue weighted by Crippen LogP contribution is -2.19. The fourth-order valence-corrected chi connectivity index (χ4v) is 1.77. The van der Waals surface area contributed by atoms with Crippen molar-refractivity contribution in [2.24, 2.45) is 4.40 Å². The van der Waals surface area contributed by atoms with Crippen molar-refractivity contribution < 1.29 is 17.4 Å². The summed E-state index contributed by atoms with van der Waals surface area (Å²) >= 11 is 5.79. The molecule has 0 bridgehead atoms. The monoisotopic (exact) mass is 311 g/mol. The first-order valence-electron chi connectivity index (χ1n) is 5.34. The smallest absolute Gasteiger partial charge is 0.234 e. The Kier molecular flexibility index (Phi) is 4.79. The second-order valence-electron chi connectivity index (χ2n) is 4.83. The molecule has 0 spiro atoms. The van der Waals surface area contributed by atoms with Crippen LogP contribution in [0, 0.1) is 0 Å². The van der Waals surface area contributed by atoms with Gasteiger partial charge in [-0.2, -0.15) is 17.6 Å². The number of rotatable bonds is 2. The lowest BCUT2D eigenvalue weighted by molar-refractivity contribution is -0.137. The zero-order valence-corrected chi connectivity index (χ0v) is 12.2. The van der Waals surface area contributed by atoms with Gasteiger partial charge >= 0.3 is 6.18 Å². The highest BCUT2D eigenvalue weighted by molar-refractivity contribution is 7.85. The average molecular weight is 312 g/mol. The van der Waals surface area contributed by atoms with Gasteiger partial charge in [-0.05, 0) is 39.0 Å². The van der Waals surface area contributed by atoms with Crippen molar-refractivity contribution in [3.63, 3.8) is 0 Å². The molecule has 0 aliphatic heterocycles. The van der Waals surface area contributed by atoms with Gasteiger partial charge in [0, 0.05) is 16.8 Å². The Bertz CT molecular complexity index is 521. The fraction of sp³-hybridized carbons (Fsp3) is 0.417. The summed E-state index contributed by atoms with van der Waals surface area (Å²) in [6, 6.07) is 2.91. The van der Waals surface area contributed by atoms with E-state index in [1.807, 2.05) is 0 Å². The summed E-state index contributed by atoms with van der Waals surface area (Å²) < 4.78 is 52.5. The summed E-state index contributed by atoms with van der Waals surface area (Å²) in [7, 11) is -1.54. The van der Waals surface area contributed by atoms with Crippen molar-refractivity contribution in [2.45, 2.75) is 31.7 Å². The predicted octanol–water partition coefficient (Wildman–Crippen LogP) is 4.24. The van der Waals surface area contributed by atoms with Crippen LogP contribution >= 0.6 is 11.6 Å². The van der Waals surface area contributed by atoms with Gasteiger partial charge in [0.2, 0.25) is 0 Å². The van der Waals surface area contributed by atoms with Gasteiger partial charge in [0.1, 0.15) is 11.0 Å². The van der Waals surface area contributed by atoms with Crippen LogP contribution in [0.15, 0.2) is 22.6 Å². The van der Waals surface area contributed by atoms with Gasteiger partial charge in [-0.25, -0.2) is 4.21 Å². The van der Waals surface area contributed by atoms with Crippen molar-refractivity contribution >= 4 is 28.8 Å². The quantitative estimate of drug-likeness (QED) is 0.751. The first-order chi connectivity index (χ1) is 8.51. The van der Waals surface area contributed by atoms with Crippen molar-refractivity contribution in [2.75, 3.05) is 0 Å². The van der Waals surface area contributed by atoms with E-state index in [-0.39, 0.29) is 10.6 Å². The molecule has 0 saturated carbocycles. The van der Waals surface area contributed by atoms with Crippen molar-refractivity contribution in [3.05, 3.63) is 34.3 Å². The second kappa shape index (κ2) is 5.63. The molecule has 0 saturated heterocycles. The minimum atomic E-state index is -4.45. The van der Waals surface area contributed by atoms with Gasteiger partial charge in [-0.15, -0.1) is 0 Å². The Morgan fingerprint density at radius 2 is 1.84 bits per heavy atom. The summed E-state index contributed by atoms with van der Waals surface area (Å²) in [6.45, 7) is 5.15. The van der Waals surface area contributed by atoms with Crippen LogP contribution in [0.2, 0.25) is 5.02 Å². The molecule has 0 unspecified atom stereocenters. The Hall–Kier alpha value is -0.880. The Morgan fingerprint density at radius 3 is 2.32 bits per heavy atom. The number of hydrogen-bond donors (Lipinski definition) is 0. The zero-order valence-electron chi connectivity index (χ0n) is 10.6. The van der Waals surface area contributed by atoms with Gasteiger partial charge in [0.15, 0.2) is 0 Å². The highest BCUT2D eigenvalue weighted by Gasteiger charge is 2.30. The van der Waals surface area contributed by atoms with E-state index < -0.39 is 27.5 Å². The molecule has 19 heavy (non-hydrogen) atoms. The maximum absolute atomic E-state index is 12.5. The summed E-state index contributed by atoms with van der Waals surface area (Å²) in [5.74, 6) is 0. The molecule has 0 aromatic heterocycles. The van der Waals surface area contributed by atoms with Crippen LogP contribution in [-0.2, 0) is 17.2 Å². The van der Waals surface area contributed by atoms with E-state index in [0.29, 0.717) is 0 Å². The molecule has 0 amide bonds. The van der Waals surface area contributed by atoms with Crippen LogP contribution in [0.3, 0.4) is 0 Å². The van der Waals surface area contributed by atoms with Crippen LogP contribution in [-0.4, -0.2) is 15.2 Å². The summed E-state index contributed by atoms with van der Waals surface area (Å²) in [6.07, 6.45) is -3.34. The maximum Gasteiger partial charge on any atom is 0.416 e. The molecule has 2 nitrogen and oxygen atoms in total. The van der Waals surface area contributed by atoms with E-state index in [4.69, 9.17) is 11.6 Å². The van der Waals surface area contributed by atoms with Crippen LogP contribution in [0.1, 0.15) is 31.9 Å². The largest absolute Gasteiger partial charge is 0.416 e. The van der Waals surface area contributed by atoms with E-state index >= 15 is 0 Å². The molecule has 1 rings (SSSR count). The Morgan fingerprint density at radius 1 is 1.26 bits per heavy atom. The summed E-state index contributed by atoms with van der Waals surface area (Å²) in [5, 5.41) is 0.127. The van der Waals surface area contributed by atoms with Crippen LogP contribution in [0.25, 0.3) is 0 Å². The Balaban J connectivity index is 3.08. The molecule has 0 aliphatic rings. The molecule has 0 heterocycles. The first kappa shape index (κ1) is 16.2. The molecule has 0 fully saturated rings. The number of alkyl halides is 3. The molecular formula is C12H13ClF3NOS. The van der Waals surface area contributed by atoms with Gasteiger partial charge in [-0.1, -0.05) is 11.6 Å². The summed E-state index contributed by atoms with van der Waals surface area (Å²) in [5.41, 5.74) is -0.728. The first-order valence-corrected chi connectivity index (χ1v) is 6.83. The van der Waals surface area contributed by atoms with Crippen LogP contribution < -0.4 is 0 Å². The molecule has 106 valence electrons. The third-order valence-corrected chi connectivity index (χ3v) is 3.82. The van der Waals surface area contributed by atoms with E-state index in [0.717, 1.165) is 24.4 Å². The fourth-order valence-electron chi connectivity index (χ4n) is 1.08. The third kappa shape index (κ3) is 4.62. The molecule has 1 atom stereocenters. The number of halogens is 4. The van der Waals surface area contributed by atoms with Gasteiger partial charge in [0.05, 0.1) is 10.3 Å². The van der Waals surface area contributed by atoms with Crippen LogP contribution in [0.5, 0.6) is 0 Å². The predicted molar refractivity (Wildman–Crippen MR) is 71.9 cm³/mol. The minimum Gasteiger partial charge on any atom is -0.234 e. The molecule has 0 radical (unpaired) electrons. The average Bonchev–Trinajstić information content (AvgIpc) is 2.24. The van der Waals surface area contributed by atoms with Gasteiger partial charge in [0.25, 0.3) is 0 Å². The topological polar surface area (TPSA) is 29.4 Å². The lowest BCUT2D eigenvalue weighted by Gasteiger charge is -2.13. The van der Waals surface area contributed by atoms with E-state index in [1.54, 1.807) is 20.8 Å². The Labute approximate surface area is 117 Å². The van der Waals surface area contributed by atoms with E-state index in [2.05, 4.69) is 4.40 Å². The van der Waals surface area contributed by atoms with Crippen LogP contribution in [0.4, 0.5) is 13.2 Å². The number of nitrogens with zero attached hydrogens (tertiary/aromatic N) is 1. The minimum absolute atomic E-state index is 0.0918. The van der Waals surface area contributed by atoms with Crippen molar-refractivity contribution in [1.82, 2.24) is 0 Å². The van der Waals surface area contributed by atoms with Gasteiger partial charge < -0.3 is 0 Å². The van der Waals surface area contributed by atoms with Gasteiger partial charge in [-0.3, -0.25) is 0 Å². The van der Waals surface area contributed by atoms with Crippen molar-refractivity contribution in [1.29, 1.82) is 0 Å². The van der Waals surface area contributed by atoms with E-state index in [9.17, 15) is 17.4 Å². The SMILES string of the molecule is CC(C)(C)[S@@](=O)N=Cc1cc(C(F)(F)F)ccc1Cl. The standard InChI is InChI=1S/C12H13ClF3NOS/c1-11(2,3)19(18)17-7-8-6-9(12(14,15)16)4-5-10(8)13/h4-7H,1-3H3/t19-/m1/s1. The molecule has 1 aromatic rings. The number of benzene rings is 1. The second-order valence-corrected chi connectivity index (χ2v) is 7.17. The highest BCUT2D eigenvalue weighted by Crippen LogP contribution is 2.31. The normalized spacial score (nSPS) is 14.9. The molecule has 0 aliphatic carbocycles. The maximum atomic E-state index is 12.5. The molecule has 7 heteroatoms.